The molecule has 1 aromatic heterocycles. The Balaban J connectivity index is 1.58. The lowest BCUT2D eigenvalue weighted by atomic mass is 10.00. The number of urea groups is 1. The summed E-state index contributed by atoms with van der Waals surface area (Å²) in [6.07, 6.45) is 1.50. The van der Waals surface area contributed by atoms with Crippen LogP contribution in [-0.2, 0) is 16.1 Å². The monoisotopic (exact) mass is 414 g/mol. The molecule has 1 aromatic carbocycles. The van der Waals surface area contributed by atoms with E-state index in [0.29, 0.717) is 30.1 Å². The van der Waals surface area contributed by atoms with Gasteiger partial charge in [0.25, 0.3) is 0 Å². The zero-order valence-electron chi connectivity index (χ0n) is 16.8. The molecule has 3 heterocycles. The Hall–Kier alpha value is -3.46. The van der Waals surface area contributed by atoms with E-state index >= 15 is 0 Å². The van der Waals surface area contributed by atoms with E-state index in [1.54, 1.807) is 19.1 Å². The van der Waals surface area contributed by atoms with Crippen molar-refractivity contribution in [3.8, 4) is 11.5 Å². The zero-order chi connectivity index (χ0) is 21.1. The molecule has 0 aliphatic carbocycles. The van der Waals surface area contributed by atoms with E-state index in [-0.39, 0.29) is 13.4 Å². The Morgan fingerprint density at radius 1 is 1.23 bits per heavy atom. The highest BCUT2D eigenvalue weighted by Gasteiger charge is 2.36. The van der Waals surface area contributed by atoms with E-state index in [9.17, 15) is 9.59 Å². The van der Waals surface area contributed by atoms with Gasteiger partial charge in [-0.15, -0.1) is 0 Å². The number of hydrogen-bond donors (Lipinski definition) is 3. The fourth-order valence-electron chi connectivity index (χ4n) is 3.64. The van der Waals surface area contributed by atoms with E-state index in [1.807, 2.05) is 25.2 Å². The predicted octanol–water partition coefficient (Wildman–Crippen LogP) is 0.894. The predicted molar refractivity (Wildman–Crippen MR) is 105 cm³/mol. The van der Waals surface area contributed by atoms with Gasteiger partial charge in [-0.1, -0.05) is 0 Å². The normalized spacial score (nSPS) is 18.6. The molecule has 4 rings (SSSR count). The Morgan fingerprint density at radius 2 is 2.07 bits per heavy atom. The molecule has 2 atom stereocenters. The third kappa shape index (κ3) is 4.11. The molecule has 30 heavy (non-hydrogen) atoms. The largest absolute Gasteiger partial charge is 0.467 e. The van der Waals surface area contributed by atoms with Crippen LogP contribution in [0.1, 0.15) is 24.3 Å². The number of hydrogen-bond acceptors (Lipinski definition) is 6. The number of likely N-dealkylation sites (N-methyl/N-ethyl adjacent to an activating group) is 1. The molecular formula is C21H24N3O6+. The van der Waals surface area contributed by atoms with Crippen molar-refractivity contribution in [3.05, 3.63) is 59.2 Å². The number of rotatable bonds is 7. The molecule has 0 fully saturated rings. The van der Waals surface area contributed by atoms with Gasteiger partial charge in [0.2, 0.25) is 6.79 Å². The van der Waals surface area contributed by atoms with Crippen molar-refractivity contribution in [3.63, 3.8) is 0 Å². The first kappa shape index (κ1) is 19.8. The SMILES string of the molecule is CCOC(=O)C1=C(C[NH+](C)Cc2ccc3c(c2)OCO3)NC(=O)N[C@H]1c1ccco1. The molecule has 2 aliphatic heterocycles. The smallest absolute Gasteiger partial charge is 0.338 e. The maximum atomic E-state index is 12.7. The number of esters is 1. The van der Waals surface area contributed by atoms with Crippen molar-refractivity contribution in [2.45, 2.75) is 19.5 Å². The second-order valence-corrected chi connectivity index (χ2v) is 7.16. The van der Waals surface area contributed by atoms with Gasteiger partial charge in [-0.2, -0.15) is 0 Å². The average Bonchev–Trinajstić information content (AvgIpc) is 3.39. The van der Waals surface area contributed by atoms with Crippen LogP contribution in [0.3, 0.4) is 0 Å². The molecule has 2 aromatic rings. The van der Waals surface area contributed by atoms with E-state index in [1.165, 1.54) is 6.26 Å². The summed E-state index contributed by atoms with van der Waals surface area (Å²) >= 11 is 0. The number of carbonyl (C=O) groups is 2. The van der Waals surface area contributed by atoms with Crippen molar-refractivity contribution in [1.29, 1.82) is 0 Å². The third-order valence-corrected chi connectivity index (χ3v) is 4.90. The van der Waals surface area contributed by atoms with Crippen LogP contribution in [0, 0.1) is 0 Å². The maximum absolute atomic E-state index is 12.7. The molecule has 2 aliphatic rings. The highest BCUT2D eigenvalue weighted by Crippen LogP contribution is 2.32. The summed E-state index contributed by atoms with van der Waals surface area (Å²) < 4.78 is 21.5. The molecule has 9 heteroatoms. The molecule has 0 radical (unpaired) electrons. The highest BCUT2D eigenvalue weighted by atomic mass is 16.7. The van der Waals surface area contributed by atoms with E-state index in [4.69, 9.17) is 18.6 Å². The van der Waals surface area contributed by atoms with E-state index in [0.717, 1.165) is 22.0 Å². The van der Waals surface area contributed by atoms with Crippen LogP contribution in [0.25, 0.3) is 0 Å². The van der Waals surface area contributed by atoms with Crippen LogP contribution in [-0.4, -0.2) is 39.0 Å². The molecule has 0 spiro atoms. The summed E-state index contributed by atoms with van der Waals surface area (Å²) in [5, 5.41) is 5.52. The van der Waals surface area contributed by atoms with Gasteiger partial charge < -0.3 is 34.2 Å². The Morgan fingerprint density at radius 3 is 2.83 bits per heavy atom. The summed E-state index contributed by atoms with van der Waals surface area (Å²) in [4.78, 5) is 26.1. The van der Waals surface area contributed by atoms with Gasteiger partial charge in [-0.3, -0.25) is 0 Å². The fraction of sp³-hybridized carbons (Fsp3) is 0.333. The van der Waals surface area contributed by atoms with Gasteiger partial charge in [-0.05, 0) is 37.3 Å². The van der Waals surface area contributed by atoms with Gasteiger partial charge in [-0.25, -0.2) is 9.59 Å². The average molecular weight is 414 g/mol. The molecule has 2 amide bonds. The Bertz CT molecular complexity index is 969. The molecule has 1 unspecified atom stereocenters. The van der Waals surface area contributed by atoms with Crippen molar-refractivity contribution in [2.75, 3.05) is 27.0 Å². The van der Waals surface area contributed by atoms with Gasteiger partial charge in [0.1, 0.15) is 24.9 Å². The van der Waals surface area contributed by atoms with Crippen LogP contribution < -0.4 is 25.0 Å². The minimum Gasteiger partial charge on any atom is -0.467 e. The number of nitrogens with one attached hydrogen (secondary N) is 3. The van der Waals surface area contributed by atoms with E-state index in [2.05, 4.69) is 10.6 Å². The second-order valence-electron chi connectivity index (χ2n) is 7.16. The van der Waals surface area contributed by atoms with Crippen LogP contribution in [0.5, 0.6) is 11.5 Å². The summed E-state index contributed by atoms with van der Waals surface area (Å²) in [5.41, 5.74) is 1.91. The number of carbonyl (C=O) groups excluding carboxylic acids is 2. The summed E-state index contributed by atoms with van der Waals surface area (Å²) in [6, 6.07) is 8.13. The van der Waals surface area contributed by atoms with Crippen LogP contribution in [0.4, 0.5) is 4.79 Å². The topological polar surface area (TPSA) is 103 Å². The first-order chi connectivity index (χ1) is 14.5. The molecule has 0 saturated carbocycles. The first-order valence-corrected chi connectivity index (χ1v) is 9.76. The second kappa shape index (κ2) is 8.50. The number of quaternary nitrogens is 1. The number of furan rings is 1. The van der Waals surface area contributed by atoms with Crippen molar-refractivity contribution in [1.82, 2.24) is 10.6 Å². The Labute approximate surface area is 173 Å². The van der Waals surface area contributed by atoms with E-state index < -0.39 is 18.0 Å². The lowest BCUT2D eigenvalue weighted by molar-refractivity contribution is -0.889. The minimum atomic E-state index is -0.707. The third-order valence-electron chi connectivity index (χ3n) is 4.90. The lowest BCUT2D eigenvalue weighted by Gasteiger charge is -2.28. The highest BCUT2D eigenvalue weighted by molar-refractivity contribution is 5.95. The van der Waals surface area contributed by atoms with Gasteiger partial charge in [0.05, 0.1) is 31.2 Å². The zero-order valence-corrected chi connectivity index (χ0v) is 16.8. The van der Waals surface area contributed by atoms with Crippen molar-refractivity contribution < 1.29 is 33.1 Å². The van der Waals surface area contributed by atoms with Gasteiger partial charge in [0.15, 0.2) is 11.5 Å². The summed E-state index contributed by atoms with van der Waals surface area (Å²) in [7, 11) is 1.98. The van der Waals surface area contributed by atoms with Crippen LogP contribution in [0.2, 0.25) is 0 Å². The Kier molecular flexibility index (Phi) is 5.62. The van der Waals surface area contributed by atoms with Crippen molar-refractivity contribution >= 4 is 12.0 Å². The van der Waals surface area contributed by atoms with Gasteiger partial charge >= 0.3 is 12.0 Å². The molecule has 3 N–H and O–H groups in total. The quantitative estimate of drug-likeness (QED) is 0.582. The lowest BCUT2D eigenvalue weighted by Crippen LogP contribution is -3.08. The number of amides is 2. The minimum absolute atomic E-state index is 0.227. The van der Waals surface area contributed by atoms with Crippen molar-refractivity contribution in [2.24, 2.45) is 0 Å². The van der Waals surface area contributed by atoms with Gasteiger partial charge in [0, 0.05) is 5.56 Å². The fourth-order valence-corrected chi connectivity index (χ4v) is 3.64. The molecule has 9 nitrogen and oxygen atoms in total. The number of ether oxygens (including phenoxy) is 3. The molecule has 0 bridgehead atoms. The first-order valence-electron chi connectivity index (χ1n) is 9.76. The molecular weight excluding hydrogens is 390 g/mol. The maximum Gasteiger partial charge on any atom is 0.338 e. The number of fused-ring (bicyclic) bond motifs is 1. The standard InChI is InChI=1S/C21H23N3O6/c1-3-27-20(25)18-14(22-21(26)23-19(18)16-5-4-8-28-16)11-24(2)10-13-6-7-15-17(9-13)30-12-29-15/h4-9,19H,3,10-12H2,1-2H3,(H2,22,23,26)/p+1/t19-/m0/s1. The summed E-state index contributed by atoms with van der Waals surface area (Å²) in [5.74, 6) is 1.44. The van der Waals surface area contributed by atoms with Crippen LogP contribution >= 0.6 is 0 Å². The summed E-state index contributed by atoms with van der Waals surface area (Å²) in [6.45, 7) is 3.27. The van der Waals surface area contributed by atoms with Crippen LogP contribution in [0.15, 0.2) is 52.3 Å². The molecule has 0 saturated heterocycles. The number of benzene rings is 1. The molecule has 158 valence electrons.